The summed E-state index contributed by atoms with van der Waals surface area (Å²) in [5, 5.41) is 0. The average Bonchev–Trinajstić information content (AvgIpc) is 2.83. The summed E-state index contributed by atoms with van der Waals surface area (Å²) in [6.07, 6.45) is 1.61. The summed E-state index contributed by atoms with van der Waals surface area (Å²) in [5.41, 5.74) is 0. The van der Waals surface area contributed by atoms with Crippen LogP contribution in [0.25, 0.3) is 0 Å². The highest BCUT2D eigenvalue weighted by atomic mass is 14.8. The van der Waals surface area contributed by atoms with Crippen molar-refractivity contribution in [1.82, 2.24) is 0 Å². The minimum atomic E-state index is 0.968. The third-order valence-corrected chi connectivity index (χ3v) is 6.04. The molecule has 0 amide bonds. The molecule has 0 aromatic carbocycles. The fourth-order valence-electron chi connectivity index (χ4n) is 5.61. The predicted octanol–water partition coefficient (Wildman–Crippen LogP) is 3.04. The van der Waals surface area contributed by atoms with E-state index in [1.54, 1.807) is 6.42 Å². The van der Waals surface area contributed by atoms with Crippen molar-refractivity contribution >= 4 is 0 Å². The first kappa shape index (κ1) is 7.31. The predicted molar refractivity (Wildman–Crippen MR) is 53.0 cm³/mol. The molecule has 0 aromatic heterocycles. The SMILES string of the molecule is CC(C)C1CC2C3C(C)C3C3C1C23. The molecule has 4 aliphatic carbocycles. The third kappa shape index (κ3) is 0.620. The van der Waals surface area contributed by atoms with Crippen LogP contribution in [0.3, 0.4) is 0 Å². The maximum atomic E-state index is 2.50. The van der Waals surface area contributed by atoms with Gasteiger partial charge in [0.15, 0.2) is 0 Å². The molecule has 4 aliphatic rings. The van der Waals surface area contributed by atoms with Gasteiger partial charge in [-0.2, -0.15) is 0 Å². The minimum Gasteiger partial charge on any atom is -0.0625 e. The zero-order valence-electron chi connectivity index (χ0n) is 8.90. The van der Waals surface area contributed by atoms with E-state index in [9.17, 15) is 0 Å². The standard InChI is InChI=1S/C13H20/c1-5(2)7-4-8-9-6(3)10(9)13-11(7)12(8)13/h5-13H,4H2,1-3H3. The van der Waals surface area contributed by atoms with E-state index < -0.39 is 0 Å². The highest BCUT2D eigenvalue weighted by Crippen LogP contribution is 2.84. The highest BCUT2D eigenvalue weighted by molar-refractivity contribution is 5.27. The lowest BCUT2D eigenvalue weighted by Crippen LogP contribution is -2.12. The Hall–Kier alpha value is 0. The Morgan fingerprint density at radius 3 is 2.31 bits per heavy atom. The van der Waals surface area contributed by atoms with Gasteiger partial charge >= 0.3 is 0 Å². The lowest BCUT2D eigenvalue weighted by molar-refractivity contribution is 0.299. The number of hydrogen-bond donors (Lipinski definition) is 0. The van der Waals surface area contributed by atoms with Gasteiger partial charge in [-0.15, -0.1) is 0 Å². The van der Waals surface area contributed by atoms with Gasteiger partial charge in [0, 0.05) is 0 Å². The average molecular weight is 176 g/mol. The smallest absolute Gasteiger partial charge is 0.0312 e. The van der Waals surface area contributed by atoms with E-state index >= 15 is 0 Å². The second kappa shape index (κ2) is 1.85. The van der Waals surface area contributed by atoms with Gasteiger partial charge in [-0.05, 0) is 59.7 Å². The lowest BCUT2D eigenvalue weighted by Gasteiger charge is -2.19. The summed E-state index contributed by atoms with van der Waals surface area (Å²) in [6.45, 7) is 7.39. The fraction of sp³-hybridized carbons (Fsp3) is 1.00. The summed E-state index contributed by atoms with van der Waals surface area (Å²) < 4.78 is 0. The van der Waals surface area contributed by atoms with Gasteiger partial charge in [0.25, 0.3) is 0 Å². The van der Waals surface area contributed by atoms with Crippen molar-refractivity contribution in [3.8, 4) is 0 Å². The maximum Gasteiger partial charge on any atom is -0.0312 e. The molecular weight excluding hydrogens is 156 g/mol. The topological polar surface area (TPSA) is 0 Å². The van der Waals surface area contributed by atoms with Crippen LogP contribution in [0.2, 0.25) is 0 Å². The monoisotopic (exact) mass is 176 g/mol. The summed E-state index contributed by atoms with van der Waals surface area (Å²) in [4.78, 5) is 0. The van der Waals surface area contributed by atoms with E-state index in [1.165, 1.54) is 35.5 Å². The van der Waals surface area contributed by atoms with Crippen molar-refractivity contribution in [3.05, 3.63) is 0 Å². The first-order chi connectivity index (χ1) is 6.22. The molecule has 0 saturated heterocycles. The molecule has 4 fully saturated rings. The summed E-state index contributed by atoms with van der Waals surface area (Å²) in [5.74, 6) is 10.5. The number of rotatable bonds is 1. The molecule has 0 nitrogen and oxygen atoms in total. The Balaban J connectivity index is 1.65. The summed E-state index contributed by atoms with van der Waals surface area (Å²) >= 11 is 0. The Morgan fingerprint density at radius 2 is 1.69 bits per heavy atom. The molecule has 0 aliphatic heterocycles. The van der Waals surface area contributed by atoms with E-state index in [0.29, 0.717) is 0 Å². The quantitative estimate of drug-likeness (QED) is 0.576. The van der Waals surface area contributed by atoms with Crippen LogP contribution in [-0.4, -0.2) is 0 Å². The summed E-state index contributed by atoms with van der Waals surface area (Å²) in [7, 11) is 0. The number of fused-ring (bicyclic) bond motifs is 4. The Morgan fingerprint density at radius 1 is 0.923 bits per heavy atom. The van der Waals surface area contributed by atoms with Crippen LogP contribution in [0, 0.1) is 53.3 Å². The van der Waals surface area contributed by atoms with Gasteiger partial charge in [0.05, 0.1) is 0 Å². The van der Waals surface area contributed by atoms with E-state index in [4.69, 9.17) is 0 Å². The largest absolute Gasteiger partial charge is 0.0625 e. The van der Waals surface area contributed by atoms with Crippen molar-refractivity contribution in [2.24, 2.45) is 53.3 Å². The molecule has 4 saturated carbocycles. The first-order valence-corrected chi connectivity index (χ1v) is 6.22. The van der Waals surface area contributed by atoms with E-state index in [2.05, 4.69) is 20.8 Å². The third-order valence-electron chi connectivity index (χ3n) is 6.04. The molecule has 13 heavy (non-hydrogen) atoms. The van der Waals surface area contributed by atoms with Gasteiger partial charge in [-0.25, -0.2) is 0 Å². The molecule has 0 radical (unpaired) electrons. The van der Waals surface area contributed by atoms with Gasteiger partial charge in [0.2, 0.25) is 0 Å². The second-order valence-corrected chi connectivity index (χ2v) is 6.55. The van der Waals surface area contributed by atoms with E-state index in [-0.39, 0.29) is 0 Å². The maximum absolute atomic E-state index is 2.50. The molecule has 0 aromatic rings. The molecule has 0 N–H and O–H groups in total. The Kier molecular flexibility index (Phi) is 1.04. The fourth-order valence-corrected chi connectivity index (χ4v) is 5.61. The highest BCUT2D eigenvalue weighted by Gasteiger charge is 2.80. The van der Waals surface area contributed by atoms with Gasteiger partial charge in [0.1, 0.15) is 0 Å². The van der Waals surface area contributed by atoms with Crippen LogP contribution in [0.1, 0.15) is 27.2 Å². The molecule has 8 atom stereocenters. The minimum absolute atomic E-state index is 0.968. The van der Waals surface area contributed by atoms with E-state index in [0.717, 1.165) is 17.8 Å². The van der Waals surface area contributed by atoms with Crippen molar-refractivity contribution in [3.63, 3.8) is 0 Å². The van der Waals surface area contributed by atoms with Crippen molar-refractivity contribution in [1.29, 1.82) is 0 Å². The van der Waals surface area contributed by atoms with Crippen LogP contribution in [-0.2, 0) is 0 Å². The Labute approximate surface area is 81.1 Å². The van der Waals surface area contributed by atoms with Gasteiger partial charge in [-0.3, -0.25) is 0 Å². The Bertz CT molecular complexity index is 263. The zero-order valence-corrected chi connectivity index (χ0v) is 8.90. The van der Waals surface area contributed by atoms with Gasteiger partial charge < -0.3 is 0 Å². The van der Waals surface area contributed by atoms with Crippen LogP contribution in [0.5, 0.6) is 0 Å². The van der Waals surface area contributed by atoms with Crippen LogP contribution >= 0.6 is 0 Å². The van der Waals surface area contributed by atoms with Crippen LogP contribution in [0.15, 0.2) is 0 Å². The van der Waals surface area contributed by atoms with Crippen molar-refractivity contribution in [2.45, 2.75) is 27.2 Å². The van der Waals surface area contributed by atoms with Gasteiger partial charge in [-0.1, -0.05) is 20.8 Å². The molecule has 8 unspecified atom stereocenters. The lowest BCUT2D eigenvalue weighted by atomic mass is 9.86. The van der Waals surface area contributed by atoms with Crippen molar-refractivity contribution < 1.29 is 0 Å². The number of hydrogen-bond acceptors (Lipinski definition) is 0. The normalized spacial score (nSPS) is 71.1. The zero-order chi connectivity index (χ0) is 8.90. The molecule has 0 heterocycles. The van der Waals surface area contributed by atoms with Crippen LogP contribution < -0.4 is 0 Å². The second-order valence-electron chi connectivity index (χ2n) is 6.55. The molecule has 0 spiro atoms. The molecule has 0 heteroatoms. The molecule has 0 bridgehead atoms. The molecule has 4 rings (SSSR count). The van der Waals surface area contributed by atoms with Crippen LogP contribution in [0.4, 0.5) is 0 Å². The first-order valence-electron chi connectivity index (χ1n) is 6.22. The van der Waals surface area contributed by atoms with Crippen molar-refractivity contribution in [2.75, 3.05) is 0 Å². The summed E-state index contributed by atoms with van der Waals surface area (Å²) in [6, 6.07) is 0. The molecular formula is C13H20. The molecule has 72 valence electrons. The van der Waals surface area contributed by atoms with E-state index in [1.807, 2.05) is 0 Å².